The molecular weight excluding hydrogens is 362 g/mol. The fourth-order valence-electron chi connectivity index (χ4n) is 4.32. The van der Waals surface area contributed by atoms with Crippen LogP contribution in [-0.4, -0.2) is 80.9 Å². The van der Waals surface area contributed by atoms with Gasteiger partial charge in [-0.3, -0.25) is 4.90 Å². The van der Waals surface area contributed by atoms with Gasteiger partial charge in [0.1, 0.15) is 9.84 Å². The van der Waals surface area contributed by atoms with Gasteiger partial charge in [0.2, 0.25) is 0 Å². The van der Waals surface area contributed by atoms with Gasteiger partial charge in [-0.05, 0) is 23.8 Å². The molecule has 1 heterocycles. The molecule has 1 saturated heterocycles. The van der Waals surface area contributed by atoms with Crippen molar-refractivity contribution in [3.8, 4) is 0 Å². The van der Waals surface area contributed by atoms with Crippen LogP contribution in [0.1, 0.15) is 24.8 Å². The van der Waals surface area contributed by atoms with Crippen molar-refractivity contribution in [1.29, 1.82) is 0 Å². The van der Waals surface area contributed by atoms with E-state index in [0.29, 0.717) is 25.4 Å². The molecule has 1 aromatic rings. The first-order chi connectivity index (χ1) is 12.8. The minimum atomic E-state index is -2.96. The van der Waals surface area contributed by atoms with Crippen LogP contribution in [0.15, 0.2) is 30.3 Å². The summed E-state index contributed by atoms with van der Waals surface area (Å²) in [5.74, 6) is 0.291. The summed E-state index contributed by atoms with van der Waals surface area (Å²) in [4.78, 5) is 18.7. The van der Waals surface area contributed by atoms with Gasteiger partial charge in [0.25, 0.3) is 0 Å². The van der Waals surface area contributed by atoms with Crippen molar-refractivity contribution < 1.29 is 13.2 Å². The van der Waals surface area contributed by atoms with E-state index >= 15 is 0 Å². The minimum absolute atomic E-state index is 0.0630. The Morgan fingerprint density at radius 1 is 1.11 bits per heavy atom. The van der Waals surface area contributed by atoms with E-state index in [9.17, 15) is 13.2 Å². The highest BCUT2D eigenvalue weighted by Crippen LogP contribution is 2.42. The lowest BCUT2D eigenvalue weighted by molar-refractivity contribution is 0.0557. The molecule has 2 aliphatic rings. The second kappa shape index (κ2) is 8.19. The number of piperazine rings is 1. The fraction of sp³-hybridized carbons (Fsp3) is 0.650. The molecule has 27 heavy (non-hydrogen) atoms. The summed E-state index contributed by atoms with van der Waals surface area (Å²) in [6.45, 7) is 4.48. The molecule has 0 N–H and O–H groups in total. The van der Waals surface area contributed by atoms with Crippen LogP contribution in [-0.2, 0) is 16.4 Å². The van der Waals surface area contributed by atoms with Crippen LogP contribution in [0.2, 0.25) is 0 Å². The van der Waals surface area contributed by atoms with Crippen molar-refractivity contribution in [2.24, 2.45) is 5.41 Å². The Bertz CT molecular complexity index is 739. The van der Waals surface area contributed by atoms with Gasteiger partial charge in [-0.2, -0.15) is 0 Å². The number of nitrogens with zero attached hydrogens (tertiary/aromatic N) is 3. The number of sulfone groups is 1. The number of carbonyl (C=O) groups excluding carboxylic acids is 1. The normalized spacial score (nSPS) is 20.1. The van der Waals surface area contributed by atoms with Crippen LogP contribution in [0.3, 0.4) is 0 Å². The molecule has 0 spiro atoms. The van der Waals surface area contributed by atoms with E-state index in [1.807, 2.05) is 42.3 Å². The van der Waals surface area contributed by atoms with Crippen molar-refractivity contribution in [1.82, 2.24) is 14.7 Å². The summed E-state index contributed by atoms with van der Waals surface area (Å²) in [6.07, 6.45) is 4.46. The highest BCUT2D eigenvalue weighted by Gasteiger charge is 2.41. The van der Waals surface area contributed by atoms with Crippen molar-refractivity contribution in [2.75, 3.05) is 51.8 Å². The molecule has 1 aliphatic heterocycles. The Morgan fingerprint density at radius 2 is 1.74 bits per heavy atom. The Balaban J connectivity index is 1.49. The SMILES string of the molecule is CN(Cc1ccccc1)C(=O)N1CCN(CC2(CS(C)(=O)=O)CCC2)CC1. The third-order valence-electron chi connectivity index (χ3n) is 5.77. The number of rotatable bonds is 6. The third-order valence-corrected chi connectivity index (χ3v) is 6.91. The quantitative estimate of drug-likeness (QED) is 0.742. The van der Waals surface area contributed by atoms with Gasteiger partial charge in [0, 0.05) is 52.6 Å². The van der Waals surface area contributed by atoms with Gasteiger partial charge < -0.3 is 9.80 Å². The van der Waals surface area contributed by atoms with Gasteiger partial charge in [-0.1, -0.05) is 36.8 Å². The largest absolute Gasteiger partial charge is 0.323 e. The van der Waals surface area contributed by atoms with Crippen LogP contribution in [0.5, 0.6) is 0 Å². The zero-order valence-electron chi connectivity index (χ0n) is 16.4. The maximum absolute atomic E-state index is 12.7. The first-order valence-electron chi connectivity index (χ1n) is 9.70. The van der Waals surface area contributed by atoms with E-state index in [1.165, 1.54) is 6.26 Å². The van der Waals surface area contributed by atoms with Crippen molar-refractivity contribution in [2.45, 2.75) is 25.8 Å². The summed E-state index contributed by atoms with van der Waals surface area (Å²) >= 11 is 0. The van der Waals surface area contributed by atoms with Crippen LogP contribution in [0.25, 0.3) is 0 Å². The minimum Gasteiger partial charge on any atom is -0.323 e. The summed E-state index contributed by atoms with van der Waals surface area (Å²) in [5, 5.41) is 0. The van der Waals surface area contributed by atoms with E-state index in [2.05, 4.69) is 4.90 Å². The second-order valence-corrected chi connectivity index (χ2v) is 10.5. The third kappa shape index (κ3) is 5.45. The number of amides is 2. The maximum Gasteiger partial charge on any atom is 0.320 e. The van der Waals surface area contributed by atoms with Crippen molar-refractivity contribution in [3.63, 3.8) is 0 Å². The lowest BCUT2D eigenvalue weighted by Crippen LogP contribution is -2.55. The summed E-state index contributed by atoms with van der Waals surface area (Å²) in [6, 6.07) is 10.1. The number of hydrogen-bond donors (Lipinski definition) is 0. The van der Waals surface area contributed by atoms with Gasteiger partial charge in [-0.15, -0.1) is 0 Å². The van der Waals surface area contributed by atoms with E-state index < -0.39 is 9.84 Å². The smallest absolute Gasteiger partial charge is 0.320 e. The molecule has 1 aromatic carbocycles. The molecular formula is C20H31N3O3S. The molecule has 0 bridgehead atoms. The Morgan fingerprint density at radius 3 is 2.26 bits per heavy atom. The first kappa shape index (κ1) is 20.1. The van der Waals surface area contributed by atoms with Crippen LogP contribution in [0.4, 0.5) is 4.79 Å². The number of benzene rings is 1. The summed E-state index contributed by atoms with van der Waals surface area (Å²) in [5.41, 5.74) is 1.06. The van der Waals surface area contributed by atoms with E-state index in [-0.39, 0.29) is 11.4 Å². The molecule has 2 amide bonds. The summed E-state index contributed by atoms with van der Waals surface area (Å²) in [7, 11) is -1.11. The van der Waals surface area contributed by atoms with E-state index in [1.54, 1.807) is 4.90 Å². The molecule has 2 fully saturated rings. The average molecular weight is 394 g/mol. The first-order valence-corrected chi connectivity index (χ1v) is 11.8. The van der Waals surface area contributed by atoms with Crippen LogP contribution >= 0.6 is 0 Å². The zero-order chi connectivity index (χ0) is 19.5. The van der Waals surface area contributed by atoms with Gasteiger partial charge in [0.15, 0.2) is 0 Å². The Hall–Kier alpha value is -1.60. The molecule has 7 heteroatoms. The molecule has 150 valence electrons. The molecule has 1 aliphatic carbocycles. The molecule has 0 radical (unpaired) electrons. The van der Waals surface area contributed by atoms with Gasteiger partial charge in [-0.25, -0.2) is 13.2 Å². The monoisotopic (exact) mass is 393 g/mol. The molecule has 0 unspecified atom stereocenters. The Labute approximate surface area is 163 Å². The Kier molecular flexibility index (Phi) is 6.11. The maximum atomic E-state index is 12.7. The van der Waals surface area contributed by atoms with Gasteiger partial charge in [0.05, 0.1) is 5.75 Å². The lowest BCUT2D eigenvalue weighted by atomic mass is 9.70. The number of urea groups is 1. The molecule has 1 saturated carbocycles. The topological polar surface area (TPSA) is 60.9 Å². The molecule has 0 atom stereocenters. The average Bonchev–Trinajstić information content (AvgIpc) is 2.59. The van der Waals surface area contributed by atoms with E-state index in [4.69, 9.17) is 0 Å². The predicted octanol–water partition coefficient (Wildman–Crippen LogP) is 2.07. The second-order valence-electron chi connectivity index (χ2n) is 8.31. The fourth-order valence-corrected chi connectivity index (χ4v) is 5.81. The van der Waals surface area contributed by atoms with Crippen molar-refractivity contribution >= 4 is 15.9 Å². The zero-order valence-corrected chi connectivity index (χ0v) is 17.2. The highest BCUT2D eigenvalue weighted by atomic mass is 32.2. The predicted molar refractivity (Wildman–Crippen MR) is 107 cm³/mol. The molecule has 3 rings (SSSR count). The summed E-state index contributed by atoms with van der Waals surface area (Å²) < 4.78 is 23.5. The molecule has 0 aromatic heterocycles. The lowest BCUT2D eigenvalue weighted by Gasteiger charge is -2.46. The van der Waals surface area contributed by atoms with Gasteiger partial charge >= 0.3 is 6.03 Å². The highest BCUT2D eigenvalue weighted by molar-refractivity contribution is 7.90. The van der Waals surface area contributed by atoms with E-state index in [0.717, 1.165) is 44.5 Å². The number of hydrogen-bond acceptors (Lipinski definition) is 4. The molecule has 6 nitrogen and oxygen atoms in total. The van der Waals surface area contributed by atoms with Crippen LogP contribution in [0, 0.1) is 5.41 Å². The van der Waals surface area contributed by atoms with Crippen molar-refractivity contribution in [3.05, 3.63) is 35.9 Å². The number of carbonyl (C=O) groups is 1. The van der Waals surface area contributed by atoms with Crippen LogP contribution < -0.4 is 0 Å². The standard InChI is InChI=1S/C20H31N3O3S/c1-21(15-18-7-4-3-5-8-18)19(24)23-13-11-22(12-14-23)16-20(9-6-10-20)17-27(2,25)26/h3-5,7-8H,6,9-17H2,1-2H3.